The number of para-hydroxylation sites is 1. The SMILES string of the molecule is O=C(N=c1scc(-c2ccccc2)n1-c1ccccc1)c1cccc2ccccc12. The summed E-state index contributed by atoms with van der Waals surface area (Å²) in [5, 5.41) is 4.00. The van der Waals surface area contributed by atoms with Crippen LogP contribution in [0.25, 0.3) is 27.7 Å². The number of benzene rings is 4. The molecule has 0 unspecified atom stereocenters. The Morgan fingerprint density at radius 3 is 2.20 bits per heavy atom. The Balaban J connectivity index is 1.70. The van der Waals surface area contributed by atoms with E-state index < -0.39 is 0 Å². The van der Waals surface area contributed by atoms with E-state index in [1.54, 1.807) is 0 Å². The smallest absolute Gasteiger partial charge is 0.280 e. The third-order valence-electron chi connectivity index (χ3n) is 5.01. The fourth-order valence-corrected chi connectivity index (χ4v) is 4.49. The average Bonchev–Trinajstić information content (AvgIpc) is 3.23. The van der Waals surface area contributed by atoms with Gasteiger partial charge in [0.25, 0.3) is 5.91 Å². The molecule has 1 amide bonds. The van der Waals surface area contributed by atoms with Gasteiger partial charge in [-0.15, -0.1) is 11.3 Å². The van der Waals surface area contributed by atoms with Crippen LogP contribution < -0.4 is 4.80 Å². The summed E-state index contributed by atoms with van der Waals surface area (Å²) in [5.41, 5.74) is 3.68. The second-order valence-electron chi connectivity index (χ2n) is 6.88. The predicted octanol–water partition coefficient (Wildman–Crippen LogP) is 6.10. The largest absolute Gasteiger partial charge is 0.285 e. The number of hydrogen-bond donors (Lipinski definition) is 0. The lowest BCUT2D eigenvalue weighted by molar-refractivity contribution is 0.0999. The number of fused-ring (bicyclic) bond motifs is 1. The molecule has 5 aromatic rings. The molecule has 30 heavy (non-hydrogen) atoms. The van der Waals surface area contributed by atoms with E-state index in [0.29, 0.717) is 10.4 Å². The highest BCUT2D eigenvalue weighted by Gasteiger charge is 2.13. The summed E-state index contributed by atoms with van der Waals surface area (Å²) >= 11 is 1.47. The summed E-state index contributed by atoms with van der Waals surface area (Å²) in [6.07, 6.45) is 0. The van der Waals surface area contributed by atoms with Gasteiger partial charge >= 0.3 is 0 Å². The molecule has 1 heterocycles. The quantitative estimate of drug-likeness (QED) is 0.356. The fourth-order valence-electron chi connectivity index (χ4n) is 3.58. The van der Waals surface area contributed by atoms with Crippen molar-refractivity contribution in [1.82, 2.24) is 4.57 Å². The Hall–Kier alpha value is -3.76. The van der Waals surface area contributed by atoms with Crippen molar-refractivity contribution in [2.45, 2.75) is 0 Å². The van der Waals surface area contributed by atoms with E-state index in [1.807, 2.05) is 95.6 Å². The number of amides is 1. The molecule has 1 aromatic heterocycles. The molecule has 0 aliphatic heterocycles. The van der Waals surface area contributed by atoms with Gasteiger partial charge in [0.05, 0.1) is 5.69 Å². The Morgan fingerprint density at radius 2 is 1.40 bits per heavy atom. The molecular formula is C26H18N2OS. The number of carbonyl (C=O) groups excluding carboxylic acids is 1. The summed E-state index contributed by atoms with van der Waals surface area (Å²) < 4.78 is 2.04. The zero-order valence-electron chi connectivity index (χ0n) is 16.1. The minimum atomic E-state index is -0.238. The Bertz CT molecular complexity index is 1390. The first kappa shape index (κ1) is 18.3. The molecule has 4 aromatic carbocycles. The molecule has 0 spiro atoms. The van der Waals surface area contributed by atoms with Crippen molar-refractivity contribution >= 4 is 28.0 Å². The molecule has 0 bridgehead atoms. The second-order valence-corrected chi connectivity index (χ2v) is 7.72. The molecule has 0 aliphatic rings. The minimum Gasteiger partial charge on any atom is -0.285 e. The number of nitrogens with zero attached hydrogens (tertiary/aromatic N) is 2. The molecule has 0 atom stereocenters. The van der Waals surface area contributed by atoms with Crippen LogP contribution in [0.5, 0.6) is 0 Å². The van der Waals surface area contributed by atoms with Gasteiger partial charge in [0.2, 0.25) is 0 Å². The number of hydrogen-bond acceptors (Lipinski definition) is 2. The van der Waals surface area contributed by atoms with Crippen molar-refractivity contribution < 1.29 is 4.79 Å². The van der Waals surface area contributed by atoms with Crippen LogP contribution in [0.4, 0.5) is 0 Å². The Kier molecular flexibility index (Phi) is 4.83. The average molecular weight is 407 g/mol. The number of thiazole rings is 1. The van der Waals surface area contributed by atoms with Crippen LogP contribution in [0.1, 0.15) is 10.4 Å². The molecule has 3 nitrogen and oxygen atoms in total. The Labute approximate surface area is 178 Å². The van der Waals surface area contributed by atoms with Gasteiger partial charge in [0.1, 0.15) is 0 Å². The monoisotopic (exact) mass is 406 g/mol. The highest BCUT2D eigenvalue weighted by atomic mass is 32.1. The van der Waals surface area contributed by atoms with Crippen molar-refractivity contribution in [3.63, 3.8) is 0 Å². The van der Waals surface area contributed by atoms with Gasteiger partial charge in [0, 0.05) is 16.6 Å². The van der Waals surface area contributed by atoms with Gasteiger partial charge in [0.15, 0.2) is 4.80 Å². The maximum Gasteiger partial charge on any atom is 0.280 e. The van der Waals surface area contributed by atoms with Crippen molar-refractivity contribution in [2.24, 2.45) is 4.99 Å². The molecule has 0 saturated heterocycles. The van der Waals surface area contributed by atoms with Crippen LogP contribution in [0.15, 0.2) is 114 Å². The van der Waals surface area contributed by atoms with Crippen LogP contribution in [-0.2, 0) is 0 Å². The summed E-state index contributed by atoms with van der Waals surface area (Å²) in [7, 11) is 0. The maximum absolute atomic E-state index is 13.2. The first-order valence-electron chi connectivity index (χ1n) is 9.69. The standard InChI is InChI=1S/C26H18N2OS/c29-25(23-17-9-13-19-10-7-8-16-22(19)23)27-26-28(21-14-5-2-6-15-21)24(18-30-26)20-11-3-1-4-12-20/h1-18H. The van der Waals surface area contributed by atoms with Crippen molar-refractivity contribution in [2.75, 3.05) is 0 Å². The van der Waals surface area contributed by atoms with Gasteiger partial charge in [-0.1, -0.05) is 84.9 Å². The molecule has 0 fully saturated rings. The zero-order chi connectivity index (χ0) is 20.3. The van der Waals surface area contributed by atoms with Crippen molar-refractivity contribution in [3.8, 4) is 16.9 Å². The number of rotatable bonds is 3. The van der Waals surface area contributed by atoms with E-state index in [4.69, 9.17) is 0 Å². The normalized spacial score (nSPS) is 11.7. The van der Waals surface area contributed by atoms with E-state index in [2.05, 4.69) is 22.5 Å². The summed E-state index contributed by atoms with van der Waals surface area (Å²) in [5.74, 6) is -0.238. The second kappa shape index (κ2) is 7.93. The molecule has 5 rings (SSSR count). The highest BCUT2D eigenvalue weighted by molar-refractivity contribution is 7.07. The lowest BCUT2D eigenvalue weighted by atomic mass is 10.0. The third-order valence-corrected chi connectivity index (χ3v) is 5.84. The van der Waals surface area contributed by atoms with Gasteiger partial charge in [-0.3, -0.25) is 9.36 Å². The maximum atomic E-state index is 13.2. The van der Waals surface area contributed by atoms with Gasteiger partial charge in [-0.05, 0) is 34.5 Å². The van der Waals surface area contributed by atoms with Crippen LogP contribution >= 0.6 is 11.3 Å². The molecule has 144 valence electrons. The summed E-state index contributed by atoms with van der Waals surface area (Å²) in [6.45, 7) is 0. The van der Waals surface area contributed by atoms with Gasteiger partial charge in [-0.2, -0.15) is 4.99 Å². The van der Waals surface area contributed by atoms with Crippen molar-refractivity contribution in [3.05, 3.63) is 119 Å². The lowest BCUT2D eigenvalue weighted by Gasteiger charge is -2.09. The van der Waals surface area contributed by atoms with E-state index in [0.717, 1.165) is 27.7 Å². The van der Waals surface area contributed by atoms with Crippen LogP contribution in [0, 0.1) is 0 Å². The zero-order valence-corrected chi connectivity index (χ0v) is 16.9. The Morgan fingerprint density at radius 1 is 0.733 bits per heavy atom. The highest BCUT2D eigenvalue weighted by Crippen LogP contribution is 2.24. The topological polar surface area (TPSA) is 34.4 Å². The number of aromatic nitrogens is 1. The van der Waals surface area contributed by atoms with Crippen molar-refractivity contribution in [1.29, 1.82) is 0 Å². The molecule has 0 saturated carbocycles. The lowest BCUT2D eigenvalue weighted by Crippen LogP contribution is -2.16. The van der Waals surface area contributed by atoms with E-state index >= 15 is 0 Å². The van der Waals surface area contributed by atoms with E-state index in [-0.39, 0.29) is 5.91 Å². The van der Waals surface area contributed by atoms with Crippen LogP contribution in [0.2, 0.25) is 0 Å². The predicted molar refractivity (Wildman–Crippen MR) is 123 cm³/mol. The van der Waals surface area contributed by atoms with Gasteiger partial charge < -0.3 is 0 Å². The minimum absolute atomic E-state index is 0.238. The van der Waals surface area contributed by atoms with E-state index in [9.17, 15) is 4.79 Å². The first-order chi connectivity index (χ1) is 14.8. The summed E-state index contributed by atoms with van der Waals surface area (Å²) in [4.78, 5) is 18.4. The van der Waals surface area contributed by atoms with Crippen LogP contribution in [-0.4, -0.2) is 10.5 Å². The third kappa shape index (κ3) is 3.38. The molecule has 0 aliphatic carbocycles. The summed E-state index contributed by atoms with van der Waals surface area (Å²) in [6, 6.07) is 33.8. The molecule has 0 radical (unpaired) electrons. The molecule has 0 N–H and O–H groups in total. The number of carbonyl (C=O) groups is 1. The van der Waals surface area contributed by atoms with E-state index in [1.165, 1.54) is 11.3 Å². The van der Waals surface area contributed by atoms with Crippen LogP contribution in [0.3, 0.4) is 0 Å². The fraction of sp³-hybridized carbons (Fsp3) is 0. The first-order valence-corrected chi connectivity index (χ1v) is 10.6. The molecular weight excluding hydrogens is 388 g/mol. The molecule has 4 heteroatoms. The van der Waals surface area contributed by atoms with Gasteiger partial charge in [-0.25, -0.2) is 0 Å².